The van der Waals surface area contributed by atoms with Gasteiger partial charge < -0.3 is 14.9 Å². The third kappa shape index (κ3) is 3.46. The van der Waals surface area contributed by atoms with Gasteiger partial charge in [-0.3, -0.25) is 0 Å². The molecule has 140 valence electrons. The SMILES string of the molecule is COc1ccnc(C2CC3(CNOCCc4cc(Cl)sc43)CC(C)N2)n1. The van der Waals surface area contributed by atoms with Crippen molar-refractivity contribution in [1.82, 2.24) is 20.8 Å². The van der Waals surface area contributed by atoms with Crippen LogP contribution in [0.25, 0.3) is 0 Å². The fourth-order valence-corrected chi connectivity index (χ4v) is 5.69. The summed E-state index contributed by atoms with van der Waals surface area (Å²) < 4.78 is 6.12. The Kier molecular flexibility index (Phi) is 5.16. The van der Waals surface area contributed by atoms with Crippen molar-refractivity contribution in [1.29, 1.82) is 0 Å². The molecule has 1 fully saturated rings. The molecule has 3 unspecified atom stereocenters. The number of hydrogen-bond acceptors (Lipinski definition) is 7. The van der Waals surface area contributed by atoms with Crippen LogP contribution in [-0.2, 0) is 16.7 Å². The van der Waals surface area contributed by atoms with E-state index in [0.717, 1.165) is 36.0 Å². The van der Waals surface area contributed by atoms with E-state index in [1.54, 1.807) is 30.7 Å². The van der Waals surface area contributed by atoms with Crippen molar-refractivity contribution in [2.75, 3.05) is 20.3 Å². The number of nitrogens with zero attached hydrogens (tertiary/aromatic N) is 2. The van der Waals surface area contributed by atoms with Crippen molar-refractivity contribution in [3.8, 4) is 5.88 Å². The predicted molar refractivity (Wildman–Crippen MR) is 102 cm³/mol. The number of piperidine rings is 1. The maximum atomic E-state index is 6.39. The Labute approximate surface area is 162 Å². The van der Waals surface area contributed by atoms with Gasteiger partial charge in [0.2, 0.25) is 5.88 Å². The number of rotatable bonds is 2. The molecule has 2 aliphatic heterocycles. The third-order valence-corrected chi connectivity index (χ3v) is 6.75. The van der Waals surface area contributed by atoms with Crippen molar-refractivity contribution in [2.45, 2.75) is 43.7 Å². The van der Waals surface area contributed by atoms with Crippen LogP contribution in [0.15, 0.2) is 18.3 Å². The van der Waals surface area contributed by atoms with Crippen molar-refractivity contribution in [3.05, 3.63) is 38.9 Å². The topological polar surface area (TPSA) is 68.3 Å². The summed E-state index contributed by atoms with van der Waals surface area (Å²) in [4.78, 5) is 16.1. The Morgan fingerprint density at radius 3 is 3.15 bits per heavy atom. The summed E-state index contributed by atoms with van der Waals surface area (Å²) in [7, 11) is 1.63. The Morgan fingerprint density at radius 2 is 2.31 bits per heavy atom. The molecule has 8 heteroatoms. The van der Waals surface area contributed by atoms with Gasteiger partial charge in [0.25, 0.3) is 0 Å². The molecule has 2 aliphatic rings. The second-order valence-corrected chi connectivity index (χ2v) is 8.77. The zero-order valence-electron chi connectivity index (χ0n) is 14.9. The molecular weight excluding hydrogens is 372 g/mol. The predicted octanol–water partition coefficient (Wildman–Crippen LogP) is 3.03. The number of thiophene rings is 1. The van der Waals surface area contributed by atoms with E-state index in [4.69, 9.17) is 21.2 Å². The standard InChI is InChI=1S/C18H23ClN4O2S/c1-11-8-18(9-13(22-11)17-20-5-3-15(23-17)24-2)10-21-25-6-4-12-7-14(19)26-16(12)18/h3,5,7,11,13,21-22H,4,6,8-10H2,1-2H3. The van der Waals surface area contributed by atoms with Crippen molar-refractivity contribution < 1.29 is 9.57 Å². The van der Waals surface area contributed by atoms with Crippen LogP contribution in [0.5, 0.6) is 5.88 Å². The second kappa shape index (κ2) is 7.40. The van der Waals surface area contributed by atoms with Crippen molar-refractivity contribution in [3.63, 3.8) is 0 Å². The zero-order valence-corrected chi connectivity index (χ0v) is 16.5. The van der Waals surface area contributed by atoms with Crippen LogP contribution in [0.1, 0.15) is 42.1 Å². The van der Waals surface area contributed by atoms with Crippen LogP contribution < -0.4 is 15.5 Å². The van der Waals surface area contributed by atoms with E-state index in [9.17, 15) is 0 Å². The van der Waals surface area contributed by atoms with Crippen LogP contribution in [-0.4, -0.2) is 36.3 Å². The largest absolute Gasteiger partial charge is 0.481 e. The summed E-state index contributed by atoms with van der Waals surface area (Å²) in [6.45, 7) is 3.62. The van der Waals surface area contributed by atoms with E-state index in [1.807, 2.05) is 0 Å². The van der Waals surface area contributed by atoms with Crippen molar-refractivity contribution in [2.24, 2.45) is 0 Å². The highest BCUT2D eigenvalue weighted by molar-refractivity contribution is 7.16. The number of halogens is 1. The lowest BCUT2D eigenvalue weighted by Crippen LogP contribution is -2.52. The molecule has 2 aromatic heterocycles. The van der Waals surface area contributed by atoms with Crippen molar-refractivity contribution >= 4 is 22.9 Å². The minimum atomic E-state index is -0.0602. The van der Waals surface area contributed by atoms with Gasteiger partial charge in [0.1, 0.15) is 5.82 Å². The maximum Gasteiger partial charge on any atom is 0.216 e. The Balaban J connectivity index is 1.73. The minimum absolute atomic E-state index is 0.0452. The average molecular weight is 395 g/mol. The maximum absolute atomic E-state index is 6.39. The average Bonchev–Trinajstić information content (AvgIpc) is 3.00. The molecule has 3 atom stereocenters. The highest BCUT2D eigenvalue weighted by Crippen LogP contribution is 2.47. The first-order valence-corrected chi connectivity index (χ1v) is 10.1. The molecular formula is C18H23ClN4O2S. The molecule has 4 heterocycles. The molecule has 0 radical (unpaired) electrons. The Morgan fingerprint density at radius 1 is 1.42 bits per heavy atom. The van der Waals surface area contributed by atoms with Crippen LogP contribution in [0.4, 0.5) is 0 Å². The van der Waals surface area contributed by atoms with Gasteiger partial charge in [-0.15, -0.1) is 11.3 Å². The fourth-order valence-electron chi connectivity index (χ4n) is 4.19. The summed E-state index contributed by atoms with van der Waals surface area (Å²) in [5.74, 6) is 1.35. The van der Waals surface area contributed by atoms with Gasteiger partial charge in [-0.05, 0) is 37.8 Å². The van der Waals surface area contributed by atoms with E-state index < -0.39 is 0 Å². The number of hydroxylamine groups is 1. The number of methoxy groups -OCH3 is 1. The molecule has 0 amide bonds. The number of hydrogen-bond donors (Lipinski definition) is 2. The molecule has 4 rings (SSSR count). The quantitative estimate of drug-likeness (QED) is 0.816. The zero-order chi connectivity index (χ0) is 18.1. The number of fused-ring (bicyclic) bond motifs is 2. The first-order chi connectivity index (χ1) is 12.6. The summed E-state index contributed by atoms with van der Waals surface area (Å²) in [5.41, 5.74) is 4.43. The van der Waals surface area contributed by atoms with Gasteiger partial charge >= 0.3 is 0 Å². The minimum Gasteiger partial charge on any atom is -0.481 e. The first-order valence-electron chi connectivity index (χ1n) is 8.86. The van der Waals surface area contributed by atoms with Gasteiger partial charge in [-0.25, -0.2) is 10.5 Å². The van der Waals surface area contributed by atoms with Crippen LogP contribution >= 0.6 is 22.9 Å². The van der Waals surface area contributed by atoms with E-state index in [0.29, 0.717) is 18.5 Å². The molecule has 1 spiro atoms. The fraction of sp³-hybridized carbons (Fsp3) is 0.556. The van der Waals surface area contributed by atoms with E-state index in [2.05, 4.69) is 33.8 Å². The molecule has 6 nitrogen and oxygen atoms in total. The van der Waals surface area contributed by atoms with E-state index >= 15 is 0 Å². The van der Waals surface area contributed by atoms with Gasteiger partial charge in [0.15, 0.2) is 0 Å². The van der Waals surface area contributed by atoms with E-state index in [-0.39, 0.29) is 11.5 Å². The molecule has 0 saturated carbocycles. The molecule has 0 aromatic carbocycles. The summed E-state index contributed by atoms with van der Waals surface area (Å²) in [6.07, 6.45) is 4.51. The lowest BCUT2D eigenvalue weighted by Gasteiger charge is -2.44. The monoisotopic (exact) mass is 394 g/mol. The summed E-state index contributed by atoms with van der Waals surface area (Å²) in [5, 5.41) is 3.65. The highest BCUT2D eigenvalue weighted by atomic mass is 35.5. The number of aromatic nitrogens is 2. The normalized spacial score (nSPS) is 29.0. The highest BCUT2D eigenvalue weighted by Gasteiger charge is 2.44. The molecule has 0 bridgehead atoms. The Hall–Kier alpha value is -1.25. The molecule has 0 aliphatic carbocycles. The van der Waals surface area contributed by atoms with Crippen LogP contribution in [0.2, 0.25) is 4.34 Å². The van der Waals surface area contributed by atoms with Gasteiger partial charge in [0, 0.05) is 35.1 Å². The first kappa shape index (κ1) is 18.1. The van der Waals surface area contributed by atoms with Gasteiger partial charge in [0.05, 0.1) is 24.1 Å². The van der Waals surface area contributed by atoms with E-state index in [1.165, 1.54) is 10.4 Å². The Bertz CT molecular complexity index is 786. The van der Waals surface area contributed by atoms with Gasteiger partial charge in [-0.2, -0.15) is 4.98 Å². The lowest BCUT2D eigenvalue weighted by atomic mass is 9.71. The summed E-state index contributed by atoms with van der Waals surface area (Å²) in [6, 6.07) is 4.23. The number of nitrogens with one attached hydrogen (secondary N) is 2. The molecule has 2 N–H and O–H groups in total. The molecule has 26 heavy (non-hydrogen) atoms. The van der Waals surface area contributed by atoms with Crippen LogP contribution in [0.3, 0.4) is 0 Å². The summed E-state index contributed by atoms with van der Waals surface area (Å²) >= 11 is 8.09. The van der Waals surface area contributed by atoms with Crippen LogP contribution in [0, 0.1) is 0 Å². The second-order valence-electron chi connectivity index (χ2n) is 7.09. The third-order valence-electron chi connectivity index (χ3n) is 5.19. The molecule has 1 saturated heterocycles. The van der Waals surface area contributed by atoms with Gasteiger partial charge in [-0.1, -0.05) is 11.6 Å². The lowest BCUT2D eigenvalue weighted by molar-refractivity contribution is 0.0152. The number of ether oxygens (including phenoxy) is 1. The molecule has 2 aromatic rings. The smallest absolute Gasteiger partial charge is 0.216 e.